The minimum Gasteiger partial charge on any atom is -0.368 e. The summed E-state index contributed by atoms with van der Waals surface area (Å²) in [6.07, 6.45) is 1.51. The van der Waals surface area contributed by atoms with E-state index in [1.54, 1.807) is 11.0 Å². The smallest absolute Gasteiger partial charge is 0.254 e. The summed E-state index contributed by atoms with van der Waals surface area (Å²) in [6, 6.07) is 15.5. The van der Waals surface area contributed by atoms with E-state index in [4.69, 9.17) is 16.0 Å². The molecular formula is C25H27N5O3. The molecule has 8 nitrogen and oxygen atoms in total. The molecule has 170 valence electrons. The van der Waals surface area contributed by atoms with E-state index < -0.39 is 5.54 Å². The van der Waals surface area contributed by atoms with E-state index >= 15 is 0 Å². The highest BCUT2D eigenvalue weighted by Gasteiger charge is 2.48. The molecule has 3 aromatic rings. The van der Waals surface area contributed by atoms with Crippen molar-refractivity contribution < 1.29 is 14.1 Å². The van der Waals surface area contributed by atoms with Crippen LogP contribution in [-0.2, 0) is 4.79 Å². The van der Waals surface area contributed by atoms with E-state index in [1.807, 2.05) is 54.3 Å². The van der Waals surface area contributed by atoms with Crippen LogP contribution in [0.4, 0.5) is 5.88 Å². The summed E-state index contributed by atoms with van der Waals surface area (Å²) in [5.41, 5.74) is 16.2. The van der Waals surface area contributed by atoms with Gasteiger partial charge in [0, 0.05) is 43.4 Å². The van der Waals surface area contributed by atoms with Crippen molar-refractivity contribution in [2.75, 3.05) is 31.9 Å². The van der Waals surface area contributed by atoms with E-state index in [9.17, 15) is 9.59 Å². The second-order valence-corrected chi connectivity index (χ2v) is 8.97. The molecule has 2 amide bonds. The number of carbonyl (C=O) groups is 2. The monoisotopic (exact) mass is 445 g/mol. The van der Waals surface area contributed by atoms with Crippen LogP contribution in [-0.4, -0.2) is 58.5 Å². The zero-order chi connectivity index (χ0) is 23.2. The predicted molar refractivity (Wildman–Crippen MR) is 125 cm³/mol. The van der Waals surface area contributed by atoms with Gasteiger partial charge in [0.1, 0.15) is 5.69 Å². The Morgan fingerprint density at radius 1 is 0.939 bits per heavy atom. The zero-order valence-electron chi connectivity index (χ0n) is 18.6. The third-order valence-corrected chi connectivity index (χ3v) is 6.55. The molecule has 1 aliphatic heterocycles. The first-order valence-corrected chi connectivity index (χ1v) is 11.2. The molecule has 0 atom stereocenters. The van der Waals surface area contributed by atoms with E-state index in [1.165, 1.54) is 0 Å². The van der Waals surface area contributed by atoms with Crippen LogP contribution in [0.5, 0.6) is 0 Å². The number of hydrogen-bond acceptors (Lipinski definition) is 6. The lowest BCUT2D eigenvalue weighted by Gasteiger charge is -2.36. The van der Waals surface area contributed by atoms with Crippen molar-refractivity contribution in [2.24, 2.45) is 5.73 Å². The SMILES string of the molecule is Cc1cc(-c2cccc(-c3cc(N)on3)c2)ccc1C(=O)N1CCN(C(=O)C2(N)CC2)CC1. The van der Waals surface area contributed by atoms with Gasteiger partial charge in [-0.3, -0.25) is 9.59 Å². The molecule has 1 saturated carbocycles. The molecule has 33 heavy (non-hydrogen) atoms. The van der Waals surface area contributed by atoms with E-state index in [0.717, 1.165) is 35.1 Å². The highest BCUT2D eigenvalue weighted by molar-refractivity contribution is 5.96. The van der Waals surface area contributed by atoms with Crippen LogP contribution in [0.2, 0.25) is 0 Å². The van der Waals surface area contributed by atoms with Crippen molar-refractivity contribution in [2.45, 2.75) is 25.3 Å². The summed E-state index contributed by atoms with van der Waals surface area (Å²) in [5, 5.41) is 3.98. The van der Waals surface area contributed by atoms with Gasteiger partial charge in [-0.25, -0.2) is 0 Å². The number of carbonyl (C=O) groups excluding carboxylic acids is 2. The van der Waals surface area contributed by atoms with Gasteiger partial charge in [-0.2, -0.15) is 0 Å². The van der Waals surface area contributed by atoms with Crippen molar-refractivity contribution >= 4 is 17.7 Å². The van der Waals surface area contributed by atoms with Crippen LogP contribution < -0.4 is 11.5 Å². The molecule has 2 heterocycles. The Hall–Kier alpha value is -3.65. The van der Waals surface area contributed by atoms with Gasteiger partial charge in [-0.1, -0.05) is 35.5 Å². The lowest BCUT2D eigenvalue weighted by molar-refractivity contribution is -0.135. The number of piperazine rings is 1. The number of nitrogens with two attached hydrogens (primary N) is 2. The Labute approximate surface area is 192 Å². The number of benzene rings is 2. The van der Waals surface area contributed by atoms with Crippen molar-refractivity contribution in [1.82, 2.24) is 15.0 Å². The van der Waals surface area contributed by atoms with Crippen LogP contribution in [0, 0.1) is 6.92 Å². The van der Waals surface area contributed by atoms with Gasteiger partial charge in [0.05, 0.1) is 5.54 Å². The first-order valence-electron chi connectivity index (χ1n) is 11.2. The highest BCUT2D eigenvalue weighted by atomic mass is 16.5. The van der Waals surface area contributed by atoms with Gasteiger partial charge in [0.2, 0.25) is 11.8 Å². The number of rotatable bonds is 4. The molecule has 4 N–H and O–H groups in total. The van der Waals surface area contributed by atoms with Crippen LogP contribution in [0.1, 0.15) is 28.8 Å². The Kier molecular flexibility index (Phi) is 5.17. The van der Waals surface area contributed by atoms with Gasteiger partial charge < -0.3 is 25.8 Å². The van der Waals surface area contributed by atoms with Crippen molar-refractivity contribution in [1.29, 1.82) is 0 Å². The molecule has 0 spiro atoms. The molecule has 2 aromatic carbocycles. The van der Waals surface area contributed by atoms with Crippen molar-refractivity contribution in [3.05, 3.63) is 59.7 Å². The van der Waals surface area contributed by atoms with Gasteiger partial charge in [-0.15, -0.1) is 0 Å². The van der Waals surface area contributed by atoms with Gasteiger partial charge in [0.25, 0.3) is 5.91 Å². The Bertz CT molecular complexity index is 1220. The third-order valence-electron chi connectivity index (χ3n) is 6.55. The van der Waals surface area contributed by atoms with E-state index in [0.29, 0.717) is 37.4 Å². The molecule has 0 unspecified atom stereocenters. The number of aromatic nitrogens is 1. The zero-order valence-corrected chi connectivity index (χ0v) is 18.6. The van der Waals surface area contributed by atoms with Crippen LogP contribution in [0.25, 0.3) is 22.4 Å². The van der Waals surface area contributed by atoms with Crippen LogP contribution >= 0.6 is 0 Å². The van der Waals surface area contributed by atoms with Crippen molar-refractivity contribution in [3.8, 4) is 22.4 Å². The Balaban J connectivity index is 1.29. The molecule has 0 radical (unpaired) electrons. The number of amides is 2. The van der Waals surface area contributed by atoms with Crippen molar-refractivity contribution in [3.63, 3.8) is 0 Å². The average Bonchev–Trinajstić information content (AvgIpc) is 3.44. The third kappa shape index (κ3) is 4.09. The summed E-state index contributed by atoms with van der Waals surface area (Å²) in [4.78, 5) is 29.2. The molecule has 2 fully saturated rings. The molecular weight excluding hydrogens is 418 g/mol. The average molecular weight is 446 g/mol. The highest BCUT2D eigenvalue weighted by Crippen LogP contribution is 2.34. The molecule has 8 heteroatoms. The number of nitrogen functional groups attached to an aromatic ring is 1. The van der Waals surface area contributed by atoms with Gasteiger partial charge in [0.15, 0.2) is 0 Å². The molecule has 1 aromatic heterocycles. The topological polar surface area (TPSA) is 119 Å². The lowest BCUT2D eigenvalue weighted by Crippen LogP contribution is -2.55. The summed E-state index contributed by atoms with van der Waals surface area (Å²) in [5.74, 6) is 0.284. The second kappa shape index (κ2) is 8.04. The Morgan fingerprint density at radius 3 is 2.24 bits per heavy atom. The lowest BCUT2D eigenvalue weighted by atomic mass is 9.97. The largest absolute Gasteiger partial charge is 0.368 e. The number of nitrogens with zero attached hydrogens (tertiary/aromatic N) is 3. The minimum absolute atomic E-state index is 0.00754. The molecule has 2 aliphatic rings. The quantitative estimate of drug-likeness (QED) is 0.637. The fourth-order valence-corrected chi connectivity index (χ4v) is 4.31. The summed E-state index contributed by atoms with van der Waals surface area (Å²) < 4.78 is 4.98. The van der Waals surface area contributed by atoms with Gasteiger partial charge in [-0.05, 0) is 48.6 Å². The summed E-state index contributed by atoms with van der Waals surface area (Å²) >= 11 is 0. The number of aryl methyl sites for hydroxylation is 1. The molecule has 0 bridgehead atoms. The summed E-state index contributed by atoms with van der Waals surface area (Å²) in [7, 11) is 0. The first kappa shape index (κ1) is 21.2. The standard InChI is InChI=1S/C25H27N5O3/c1-16-13-18(17-3-2-4-19(14-17)21-15-22(26)33-28-21)5-6-20(16)23(31)29-9-11-30(12-10-29)24(32)25(27)7-8-25/h2-6,13-15H,7-12,26-27H2,1H3. The second-order valence-electron chi connectivity index (χ2n) is 8.97. The molecule has 1 aliphatic carbocycles. The maximum absolute atomic E-state index is 13.2. The minimum atomic E-state index is -0.657. The maximum atomic E-state index is 13.2. The number of anilines is 1. The normalized spacial score (nSPS) is 17.2. The number of hydrogen-bond donors (Lipinski definition) is 2. The predicted octanol–water partition coefficient (Wildman–Crippen LogP) is 2.67. The maximum Gasteiger partial charge on any atom is 0.254 e. The van der Waals surface area contributed by atoms with Crippen LogP contribution in [0.3, 0.4) is 0 Å². The van der Waals surface area contributed by atoms with Gasteiger partial charge >= 0.3 is 0 Å². The summed E-state index contributed by atoms with van der Waals surface area (Å²) in [6.45, 7) is 4.04. The van der Waals surface area contributed by atoms with E-state index in [2.05, 4.69) is 5.16 Å². The van der Waals surface area contributed by atoms with Crippen LogP contribution in [0.15, 0.2) is 53.1 Å². The molecule has 1 saturated heterocycles. The Morgan fingerprint density at radius 2 is 1.61 bits per heavy atom. The fourth-order valence-electron chi connectivity index (χ4n) is 4.31. The first-order chi connectivity index (χ1) is 15.8. The fraction of sp³-hybridized carbons (Fsp3) is 0.320. The molecule has 5 rings (SSSR count). The van der Waals surface area contributed by atoms with E-state index in [-0.39, 0.29) is 17.7 Å².